The fraction of sp³-hybridized carbons (Fsp3) is 0.111. The molecule has 4 N–H and O–H groups in total. The summed E-state index contributed by atoms with van der Waals surface area (Å²) in [5, 5.41) is 8.68. The van der Waals surface area contributed by atoms with Gasteiger partial charge in [0, 0.05) is 0 Å². The summed E-state index contributed by atoms with van der Waals surface area (Å²) in [5.74, 6) is -0.548. The summed E-state index contributed by atoms with van der Waals surface area (Å²) >= 11 is 0. The number of nitriles is 1. The fourth-order valence-corrected chi connectivity index (χ4v) is 1.00. The first-order chi connectivity index (χ1) is 6.60. The van der Waals surface area contributed by atoms with Crippen LogP contribution in [0.4, 0.5) is 11.4 Å². The average Bonchev–Trinajstić information content (AvgIpc) is 2.20. The second-order valence-electron chi connectivity index (χ2n) is 2.63. The summed E-state index contributed by atoms with van der Waals surface area (Å²) in [5.41, 5.74) is 11.8. The third-order valence-corrected chi connectivity index (χ3v) is 1.75. The molecule has 1 rings (SSSR count). The molecular weight excluding hydrogens is 182 g/mol. The van der Waals surface area contributed by atoms with Gasteiger partial charge in [-0.1, -0.05) is 0 Å². The van der Waals surface area contributed by atoms with Gasteiger partial charge in [0.2, 0.25) is 0 Å². The number of hydrogen-bond acceptors (Lipinski definition) is 5. The van der Waals surface area contributed by atoms with Crippen LogP contribution in [0.25, 0.3) is 0 Å². The van der Waals surface area contributed by atoms with E-state index in [-0.39, 0.29) is 22.5 Å². The van der Waals surface area contributed by atoms with E-state index in [0.29, 0.717) is 0 Å². The molecule has 1 aromatic carbocycles. The molecule has 0 saturated heterocycles. The summed E-state index contributed by atoms with van der Waals surface area (Å²) < 4.78 is 4.49. The van der Waals surface area contributed by atoms with Gasteiger partial charge in [-0.25, -0.2) is 4.79 Å². The summed E-state index contributed by atoms with van der Waals surface area (Å²) in [6.07, 6.45) is 0. The van der Waals surface area contributed by atoms with Gasteiger partial charge in [0.1, 0.15) is 6.07 Å². The van der Waals surface area contributed by atoms with Crippen LogP contribution in [0.1, 0.15) is 15.9 Å². The highest BCUT2D eigenvalue weighted by atomic mass is 16.5. The minimum Gasteiger partial charge on any atom is -0.465 e. The van der Waals surface area contributed by atoms with E-state index in [1.54, 1.807) is 0 Å². The van der Waals surface area contributed by atoms with Crippen LogP contribution in [0.5, 0.6) is 0 Å². The van der Waals surface area contributed by atoms with E-state index in [9.17, 15) is 4.79 Å². The van der Waals surface area contributed by atoms with Crippen molar-refractivity contribution in [3.05, 3.63) is 23.3 Å². The Morgan fingerprint density at radius 3 is 2.64 bits per heavy atom. The lowest BCUT2D eigenvalue weighted by molar-refractivity contribution is 0.0601. The zero-order chi connectivity index (χ0) is 10.7. The van der Waals surface area contributed by atoms with Crippen molar-refractivity contribution in [2.45, 2.75) is 0 Å². The maximum atomic E-state index is 11.1. The minimum absolute atomic E-state index is 0.172. The van der Waals surface area contributed by atoms with Crippen LogP contribution in [0.3, 0.4) is 0 Å². The van der Waals surface area contributed by atoms with Crippen molar-refractivity contribution in [2.75, 3.05) is 18.6 Å². The van der Waals surface area contributed by atoms with Crippen LogP contribution in [0, 0.1) is 11.3 Å². The largest absolute Gasteiger partial charge is 0.465 e. The molecule has 0 aliphatic rings. The Morgan fingerprint density at radius 1 is 1.50 bits per heavy atom. The Balaban J connectivity index is 3.32. The summed E-state index contributed by atoms with van der Waals surface area (Å²) in [6.45, 7) is 0. The zero-order valence-electron chi connectivity index (χ0n) is 7.57. The lowest BCUT2D eigenvalue weighted by Gasteiger charge is -2.05. The maximum Gasteiger partial charge on any atom is 0.337 e. The molecule has 0 unspecified atom stereocenters. The highest BCUT2D eigenvalue weighted by molar-refractivity contribution is 5.93. The molecule has 0 amide bonds. The van der Waals surface area contributed by atoms with Crippen molar-refractivity contribution in [3.8, 4) is 6.07 Å². The van der Waals surface area contributed by atoms with Gasteiger partial charge < -0.3 is 16.2 Å². The molecule has 0 radical (unpaired) electrons. The van der Waals surface area contributed by atoms with E-state index < -0.39 is 5.97 Å². The molecule has 0 saturated carbocycles. The van der Waals surface area contributed by atoms with Crippen LogP contribution in [-0.4, -0.2) is 13.1 Å². The van der Waals surface area contributed by atoms with Gasteiger partial charge in [-0.2, -0.15) is 5.26 Å². The van der Waals surface area contributed by atoms with Gasteiger partial charge in [0.15, 0.2) is 0 Å². The van der Waals surface area contributed by atoms with Gasteiger partial charge in [0.05, 0.1) is 29.6 Å². The van der Waals surface area contributed by atoms with E-state index in [1.165, 1.54) is 19.2 Å². The smallest absolute Gasteiger partial charge is 0.337 e. The van der Waals surface area contributed by atoms with Gasteiger partial charge in [-0.15, -0.1) is 0 Å². The van der Waals surface area contributed by atoms with Crippen LogP contribution < -0.4 is 11.5 Å². The number of carbonyl (C=O) groups excluding carboxylic acids is 1. The van der Waals surface area contributed by atoms with Crippen molar-refractivity contribution < 1.29 is 9.53 Å². The molecule has 72 valence electrons. The Hall–Kier alpha value is -2.22. The van der Waals surface area contributed by atoms with Crippen molar-refractivity contribution in [2.24, 2.45) is 0 Å². The Bertz CT molecular complexity index is 421. The first kappa shape index (κ1) is 9.86. The number of nitrogens with zero attached hydrogens (tertiary/aromatic N) is 1. The van der Waals surface area contributed by atoms with Crippen molar-refractivity contribution in [3.63, 3.8) is 0 Å². The van der Waals surface area contributed by atoms with Crippen LogP contribution >= 0.6 is 0 Å². The fourth-order valence-electron chi connectivity index (χ4n) is 1.00. The number of rotatable bonds is 1. The number of anilines is 2. The second-order valence-corrected chi connectivity index (χ2v) is 2.63. The molecule has 0 atom stereocenters. The minimum atomic E-state index is -0.548. The number of nitrogens with two attached hydrogens (primary N) is 2. The highest BCUT2D eigenvalue weighted by Gasteiger charge is 2.11. The molecule has 5 nitrogen and oxygen atoms in total. The van der Waals surface area contributed by atoms with Gasteiger partial charge in [-0.05, 0) is 12.1 Å². The SMILES string of the molecule is COC(=O)c1cc(N)c(N)c(C#N)c1. The third kappa shape index (κ3) is 1.59. The second kappa shape index (κ2) is 3.66. The normalized spacial score (nSPS) is 9.14. The number of ether oxygens (including phenoxy) is 1. The average molecular weight is 191 g/mol. The predicted molar refractivity (Wildman–Crippen MR) is 51.3 cm³/mol. The van der Waals surface area contributed by atoms with Crippen molar-refractivity contribution >= 4 is 17.3 Å². The van der Waals surface area contributed by atoms with Crippen LogP contribution in [-0.2, 0) is 4.74 Å². The summed E-state index contributed by atoms with van der Waals surface area (Å²) in [4.78, 5) is 11.1. The molecule has 0 aliphatic heterocycles. The molecular formula is C9H9N3O2. The number of esters is 1. The summed E-state index contributed by atoms with van der Waals surface area (Å²) in [6, 6.07) is 4.56. The van der Waals surface area contributed by atoms with Gasteiger partial charge >= 0.3 is 5.97 Å². The Morgan fingerprint density at radius 2 is 2.14 bits per heavy atom. The van der Waals surface area contributed by atoms with Crippen molar-refractivity contribution in [1.82, 2.24) is 0 Å². The number of methoxy groups -OCH3 is 1. The molecule has 0 spiro atoms. The van der Waals surface area contributed by atoms with Crippen LogP contribution in [0.2, 0.25) is 0 Å². The lowest BCUT2D eigenvalue weighted by atomic mass is 10.1. The van der Waals surface area contributed by atoms with Gasteiger partial charge in [0.25, 0.3) is 0 Å². The van der Waals surface area contributed by atoms with E-state index in [2.05, 4.69) is 4.74 Å². The molecule has 5 heteroatoms. The molecule has 1 aromatic rings. The first-order valence-corrected chi connectivity index (χ1v) is 3.77. The molecule has 0 bridgehead atoms. The molecule has 0 heterocycles. The third-order valence-electron chi connectivity index (χ3n) is 1.75. The van der Waals surface area contributed by atoms with Crippen LogP contribution in [0.15, 0.2) is 12.1 Å². The zero-order valence-corrected chi connectivity index (χ0v) is 7.57. The highest BCUT2D eigenvalue weighted by Crippen LogP contribution is 2.21. The quantitative estimate of drug-likeness (QED) is 0.497. The molecule has 14 heavy (non-hydrogen) atoms. The van der Waals surface area contributed by atoms with Crippen molar-refractivity contribution in [1.29, 1.82) is 5.26 Å². The van der Waals surface area contributed by atoms with E-state index in [4.69, 9.17) is 16.7 Å². The predicted octanol–water partition coefficient (Wildman–Crippen LogP) is 0.509. The maximum absolute atomic E-state index is 11.1. The molecule has 0 aliphatic carbocycles. The molecule has 0 fully saturated rings. The van der Waals surface area contributed by atoms with E-state index in [0.717, 1.165) is 0 Å². The standard InChI is InChI=1S/C9H9N3O2/c1-14-9(13)5-2-6(4-10)8(12)7(11)3-5/h2-3H,11-12H2,1H3. The number of hydrogen-bond donors (Lipinski definition) is 2. The lowest BCUT2D eigenvalue weighted by Crippen LogP contribution is -2.05. The topological polar surface area (TPSA) is 102 Å². The number of nitrogen functional groups attached to an aromatic ring is 2. The Kier molecular flexibility index (Phi) is 2.58. The molecule has 0 aromatic heterocycles. The monoisotopic (exact) mass is 191 g/mol. The summed E-state index contributed by atoms with van der Waals surface area (Å²) in [7, 11) is 1.25. The van der Waals surface area contributed by atoms with E-state index in [1.807, 2.05) is 6.07 Å². The first-order valence-electron chi connectivity index (χ1n) is 3.77. The van der Waals surface area contributed by atoms with Gasteiger partial charge in [-0.3, -0.25) is 0 Å². The Labute approximate surface area is 80.9 Å². The number of carbonyl (C=O) groups is 1. The number of benzene rings is 1. The van der Waals surface area contributed by atoms with E-state index >= 15 is 0 Å².